The molecule has 182 valence electrons. The highest BCUT2D eigenvalue weighted by atomic mass is 35.5. The summed E-state index contributed by atoms with van der Waals surface area (Å²) in [6.45, 7) is 0.0470. The lowest BCUT2D eigenvalue weighted by Crippen LogP contribution is -2.54. The second kappa shape index (κ2) is 12.8. The molecule has 0 aliphatic carbocycles. The number of benzene rings is 3. The molecular formula is C26H25Cl2N3O4. The summed E-state index contributed by atoms with van der Waals surface area (Å²) in [5, 5.41) is 6.02. The average Bonchev–Trinajstić information content (AvgIpc) is 2.84. The number of alkyl carbamates (subject to hydrolysis) is 1. The zero-order valence-corrected chi connectivity index (χ0v) is 20.3. The minimum Gasteiger partial charge on any atom is -0.445 e. The third-order valence-electron chi connectivity index (χ3n) is 5.20. The van der Waals surface area contributed by atoms with Gasteiger partial charge in [0.2, 0.25) is 11.8 Å². The zero-order chi connectivity index (χ0) is 25.2. The van der Waals surface area contributed by atoms with E-state index in [1.807, 2.05) is 60.7 Å². The molecule has 0 bridgehead atoms. The second-order valence-electron chi connectivity index (χ2n) is 7.85. The topological polar surface area (TPSA) is 111 Å². The van der Waals surface area contributed by atoms with Gasteiger partial charge in [0.1, 0.15) is 18.7 Å². The Kier molecular flexibility index (Phi) is 9.52. The van der Waals surface area contributed by atoms with Crippen LogP contribution in [0.3, 0.4) is 0 Å². The van der Waals surface area contributed by atoms with Crippen LogP contribution in [0.15, 0.2) is 78.9 Å². The van der Waals surface area contributed by atoms with Crippen LogP contribution in [0.4, 0.5) is 4.79 Å². The third kappa shape index (κ3) is 8.31. The van der Waals surface area contributed by atoms with Crippen LogP contribution in [0, 0.1) is 0 Å². The van der Waals surface area contributed by atoms with Gasteiger partial charge in [-0.05, 0) is 28.8 Å². The Labute approximate surface area is 213 Å². The molecule has 0 radical (unpaired) electrons. The molecule has 0 fully saturated rings. The molecule has 3 rings (SSSR count). The number of hydrogen-bond acceptors (Lipinski definition) is 4. The van der Waals surface area contributed by atoms with Crippen molar-refractivity contribution >= 4 is 41.1 Å². The fourth-order valence-electron chi connectivity index (χ4n) is 3.37. The number of hydrogen-bond donors (Lipinski definition) is 3. The number of ether oxygens (including phenoxy) is 1. The van der Waals surface area contributed by atoms with Gasteiger partial charge < -0.3 is 21.1 Å². The lowest BCUT2D eigenvalue weighted by atomic mass is 10.0. The third-order valence-corrected chi connectivity index (χ3v) is 5.79. The van der Waals surface area contributed by atoms with Gasteiger partial charge in [0.25, 0.3) is 0 Å². The molecule has 9 heteroatoms. The molecule has 0 aliphatic rings. The number of nitrogens with two attached hydrogens (primary N) is 1. The normalized spacial score (nSPS) is 12.3. The van der Waals surface area contributed by atoms with E-state index in [0.29, 0.717) is 15.6 Å². The number of halogens is 2. The summed E-state index contributed by atoms with van der Waals surface area (Å²) in [7, 11) is 0. The quantitative estimate of drug-likeness (QED) is 0.379. The van der Waals surface area contributed by atoms with Gasteiger partial charge in [-0.15, -0.1) is 0 Å². The van der Waals surface area contributed by atoms with E-state index in [9.17, 15) is 14.4 Å². The highest BCUT2D eigenvalue weighted by molar-refractivity contribution is 6.35. The van der Waals surface area contributed by atoms with Gasteiger partial charge in [-0.25, -0.2) is 4.79 Å². The Morgan fingerprint density at radius 2 is 1.43 bits per heavy atom. The number of carbonyl (C=O) groups excluding carboxylic acids is 3. The highest BCUT2D eigenvalue weighted by Crippen LogP contribution is 2.22. The molecule has 0 saturated heterocycles. The monoisotopic (exact) mass is 513 g/mol. The zero-order valence-electron chi connectivity index (χ0n) is 18.7. The van der Waals surface area contributed by atoms with Crippen molar-refractivity contribution in [3.63, 3.8) is 0 Å². The van der Waals surface area contributed by atoms with E-state index in [0.717, 1.165) is 11.1 Å². The smallest absolute Gasteiger partial charge is 0.408 e. The first-order valence-electron chi connectivity index (χ1n) is 10.9. The van der Waals surface area contributed by atoms with Crippen molar-refractivity contribution in [2.45, 2.75) is 31.5 Å². The van der Waals surface area contributed by atoms with E-state index in [4.69, 9.17) is 33.7 Å². The standard InChI is InChI=1S/C26H25Cl2N3O4/c27-20-12-11-19(21(28)15-20)14-22(24(29)32)30-25(33)23(13-17-7-3-1-4-8-17)31-26(34)35-16-18-9-5-2-6-10-18/h1-12,15,22-23H,13-14,16H2,(H2,29,32)(H,30,33)(H,31,34)/t22-,23-/m0/s1. The van der Waals surface area contributed by atoms with Gasteiger partial charge in [0, 0.05) is 22.9 Å². The maximum absolute atomic E-state index is 13.2. The van der Waals surface area contributed by atoms with Crippen molar-refractivity contribution in [1.29, 1.82) is 0 Å². The molecular weight excluding hydrogens is 489 g/mol. The van der Waals surface area contributed by atoms with Crippen molar-refractivity contribution in [3.05, 3.63) is 106 Å². The average molecular weight is 514 g/mol. The fraction of sp³-hybridized carbons (Fsp3) is 0.192. The van der Waals surface area contributed by atoms with Gasteiger partial charge in [-0.3, -0.25) is 9.59 Å². The van der Waals surface area contributed by atoms with Crippen LogP contribution in [0.2, 0.25) is 10.0 Å². The Morgan fingerprint density at radius 1 is 0.800 bits per heavy atom. The van der Waals surface area contributed by atoms with Gasteiger partial charge >= 0.3 is 6.09 Å². The molecule has 3 aromatic carbocycles. The largest absolute Gasteiger partial charge is 0.445 e. The summed E-state index contributed by atoms with van der Waals surface area (Å²) in [5.74, 6) is -1.33. The fourth-order valence-corrected chi connectivity index (χ4v) is 3.85. The minimum absolute atomic E-state index is 0.0470. The minimum atomic E-state index is -1.05. The molecule has 4 N–H and O–H groups in total. The number of rotatable bonds is 10. The van der Waals surface area contributed by atoms with Crippen molar-refractivity contribution in [2.24, 2.45) is 5.73 Å². The van der Waals surface area contributed by atoms with Crippen molar-refractivity contribution < 1.29 is 19.1 Å². The van der Waals surface area contributed by atoms with Crippen molar-refractivity contribution in [3.8, 4) is 0 Å². The molecule has 2 atom stereocenters. The SMILES string of the molecule is NC(=O)[C@H](Cc1ccc(Cl)cc1Cl)NC(=O)[C@H](Cc1ccccc1)NC(=O)OCc1ccccc1. The molecule has 7 nitrogen and oxygen atoms in total. The molecule has 0 spiro atoms. The molecule has 3 amide bonds. The molecule has 0 heterocycles. The predicted octanol–water partition coefficient (Wildman–Crippen LogP) is 4.04. The van der Waals surface area contributed by atoms with E-state index in [1.54, 1.807) is 18.2 Å². The highest BCUT2D eigenvalue weighted by Gasteiger charge is 2.27. The van der Waals surface area contributed by atoms with Crippen LogP contribution in [-0.2, 0) is 33.8 Å². The Balaban J connectivity index is 1.71. The maximum atomic E-state index is 13.2. The summed E-state index contributed by atoms with van der Waals surface area (Å²) in [5.41, 5.74) is 7.75. The van der Waals surface area contributed by atoms with Crippen molar-refractivity contribution in [2.75, 3.05) is 0 Å². The number of primary amides is 1. The predicted molar refractivity (Wildman–Crippen MR) is 135 cm³/mol. The Bertz CT molecular complexity index is 1160. The van der Waals surface area contributed by atoms with Crippen LogP contribution >= 0.6 is 23.2 Å². The van der Waals surface area contributed by atoms with E-state index in [2.05, 4.69) is 10.6 Å². The van der Waals surface area contributed by atoms with Crippen LogP contribution < -0.4 is 16.4 Å². The first-order chi connectivity index (χ1) is 16.8. The van der Waals surface area contributed by atoms with Gasteiger partial charge in [-0.2, -0.15) is 0 Å². The maximum Gasteiger partial charge on any atom is 0.408 e. The van der Waals surface area contributed by atoms with E-state index in [-0.39, 0.29) is 19.4 Å². The molecule has 0 aromatic heterocycles. The van der Waals surface area contributed by atoms with Gasteiger partial charge in [-0.1, -0.05) is 89.9 Å². The van der Waals surface area contributed by atoms with E-state index in [1.165, 1.54) is 0 Å². The number of nitrogens with one attached hydrogen (secondary N) is 2. The van der Waals surface area contributed by atoms with Crippen LogP contribution in [-0.4, -0.2) is 30.0 Å². The van der Waals surface area contributed by atoms with E-state index >= 15 is 0 Å². The van der Waals surface area contributed by atoms with Crippen LogP contribution in [0.1, 0.15) is 16.7 Å². The first-order valence-corrected chi connectivity index (χ1v) is 11.6. The first kappa shape index (κ1) is 26.1. The van der Waals surface area contributed by atoms with E-state index < -0.39 is 30.0 Å². The number of carbonyl (C=O) groups is 3. The molecule has 35 heavy (non-hydrogen) atoms. The van der Waals surface area contributed by atoms with Gasteiger partial charge in [0.15, 0.2) is 0 Å². The molecule has 0 unspecified atom stereocenters. The summed E-state index contributed by atoms with van der Waals surface area (Å²) in [6, 6.07) is 21.1. The summed E-state index contributed by atoms with van der Waals surface area (Å²) in [4.78, 5) is 37.7. The Morgan fingerprint density at radius 3 is 2.03 bits per heavy atom. The molecule has 0 saturated carbocycles. The van der Waals surface area contributed by atoms with Gasteiger partial charge in [0.05, 0.1) is 0 Å². The lowest BCUT2D eigenvalue weighted by Gasteiger charge is -2.22. The number of amides is 3. The second-order valence-corrected chi connectivity index (χ2v) is 8.70. The summed E-state index contributed by atoms with van der Waals surface area (Å²) < 4.78 is 5.27. The van der Waals surface area contributed by atoms with Crippen molar-refractivity contribution in [1.82, 2.24) is 10.6 Å². The lowest BCUT2D eigenvalue weighted by molar-refractivity contribution is -0.128. The van der Waals surface area contributed by atoms with Crippen LogP contribution in [0.5, 0.6) is 0 Å². The molecule has 3 aromatic rings. The van der Waals surface area contributed by atoms with Crippen LogP contribution in [0.25, 0.3) is 0 Å². The molecule has 0 aliphatic heterocycles. The summed E-state index contributed by atoms with van der Waals surface area (Å²) in [6.07, 6.45) is -0.519. The Hall–Kier alpha value is -3.55. The summed E-state index contributed by atoms with van der Waals surface area (Å²) >= 11 is 12.2.